The third-order valence-electron chi connectivity index (χ3n) is 3.24. The summed E-state index contributed by atoms with van der Waals surface area (Å²) in [4.78, 5) is 0.121. The minimum absolute atomic E-state index is 0.121. The molecule has 0 radical (unpaired) electrons. The number of rotatable bonds is 2. The van der Waals surface area contributed by atoms with Crippen LogP contribution >= 0.6 is 31.9 Å². The van der Waals surface area contributed by atoms with Gasteiger partial charge in [0, 0.05) is 10.9 Å². The van der Waals surface area contributed by atoms with Gasteiger partial charge in [0.15, 0.2) is 11.5 Å². The molecule has 0 saturated carbocycles. The molecule has 2 aromatic carbocycles. The number of hydrogen-bond donors (Lipinski definition) is 0. The summed E-state index contributed by atoms with van der Waals surface area (Å²) in [6, 6.07) is 14.3. The average Bonchev–Trinajstić information content (AvgIpc) is 2.71. The van der Waals surface area contributed by atoms with E-state index >= 15 is 0 Å². The minimum Gasteiger partial charge on any atom is -0.490 e. The van der Waals surface area contributed by atoms with E-state index in [1.165, 1.54) is 5.56 Å². The molecule has 2 nitrogen and oxygen atoms in total. The van der Waals surface area contributed by atoms with E-state index in [0.717, 1.165) is 28.0 Å². The molecule has 0 N–H and O–H groups in total. The van der Waals surface area contributed by atoms with Crippen LogP contribution in [0.3, 0.4) is 0 Å². The smallest absolute Gasteiger partial charge is 0.161 e. The van der Waals surface area contributed by atoms with Crippen molar-refractivity contribution in [2.75, 3.05) is 13.2 Å². The minimum atomic E-state index is 0.121. The maximum absolute atomic E-state index is 5.75. The van der Waals surface area contributed by atoms with Crippen molar-refractivity contribution in [2.45, 2.75) is 11.2 Å². The first-order valence-corrected chi connectivity index (χ1v) is 8.24. The average molecular weight is 398 g/mol. The molecule has 2 aromatic rings. The van der Waals surface area contributed by atoms with Crippen molar-refractivity contribution in [2.24, 2.45) is 0 Å². The van der Waals surface area contributed by atoms with Gasteiger partial charge in [-0.2, -0.15) is 0 Å². The molecule has 0 spiro atoms. The van der Waals surface area contributed by atoms with Gasteiger partial charge in [0.1, 0.15) is 0 Å². The Kier molecular flexibility index (Phi) is 4.32. The Morgan fingerprint density at radius 1 is 0.950 bits per heavy atom. The maximum Gasteiger partial charge on any atom is 0.161 e. The lowest BCUT2D eigenvalue weighted by molar-refractivity contribution is 0.297. The van der Waals surface area contributed by atoms with Crippen LogP contribution in [-0.2, 0) is 0 Å². The van der Waals surface area contributed by atoms with E-state index in [2.05, 4.69) is 50.1 Å². The molecule has 1 aliphatic rings. The van der Waals surface area contributed by atoms with Crippen molar-refractivity contribution in [3.63, 3.8) is 0 Å². The topological polar surface area (TPSA) is 18.5 Å². The highest BCUT2D eigenvalue weighted by Crippen LogP contribution is 2.39. The first-order valence-electron chi connectivity index (χ1n) is 6.54. The first kappa shape index (κ1) is 14.0. The molecule has 0 fully saturated rings. The Hall–Kier alpha value is -1.00. The highest BCUT2D eigenvalue weighted by molar-refractivity contribution is 9.11. The van der Waals surface area contributed by atoms with Gasteiger partial charge in [-0.1, -0.05) is 56.1 Å². The summed E-state index contributed by atoms with van der Waals surface area (Å²) < 4.78 is 12.5. The van der Waals surface area contributed by atoms with E-state index in [9.17, 15) is 0 Å². The van der Waals surface area contributed by atoms with Crippen molar-refractivity contribution >= 4 is 31.9 Å². The Bertz CT molecular complexity index is 613. The van der Waals surface area contributed by atoms with E-state index in [0.29, 0.717) is 13.2 Å². The quantitative estimate of drug-likeness (QED) is 0.656. The molecule has 0 saturated heterocycles. The zero-order chi connectivity index (χ0) is 13.9. The fraction of sp³-hybridized carbons (Fsp3) is 0.250. The first-order chi connectivity index (χ1) is 9.75. The van der Waals surface area contributed by atoms with Crippen LogP contribution in [0.4, 0.5) is 0 Å². The third-order valence-corrected chi connectivity index (χ3v) is 4.99. The van der Waals surface area contributed by atoms with E-state index in [1.807, 2.05) is 24.3 Å². The highest BCUT2D eigenvalue weighted by atomic mass is 79.9. The molecular formula is C16H14Br2O2. The number of benzene rings is 2. The molecule has 0 aromatic heterocycles. The van der Waals surface area contributed by atoms with Crippen LogP contribution in [-0.4, -0.2) is 13.2 Å². The Morgan fingerprint density at radius 2 is 1.70 bits per heavy atom. The summed E-state index contributed by atoms with van der Waals surface area (Å²) in [7, 11) is 0. The predicted molar refractivity (Wildman–Crippen MR) is 87.0 cm³/mol. The lowest BCUT2D eigenvalue weighted by Gasteiger charge is -2.15. The van der Waals surface area contributed by atoms with Crippen molar-refractivity contribution < 1.29 is 9.47 Å². The van der Waals surface area contributed by atoms with Gasteiger partial charge >= 0.3 is 0 Å². The largest absolute Gasteiger partial charge is 0.490 e. The van der Waals surface area contributed by atoms with Crippen LogP contribution in [0.15, 0.2) is 46.9 Å². The molecule has 4 heteroatoms. The number of alkyl halides is 1. The molecule has 1 heterocycles. The van der Waals surface area contributed by atoms with Crippen LogP contribution in [0, 0.1) is 0 Å². The number of hydrogen-bond acceptors (Lipinski definition) is 2. The van der Waals surface area contributed by atoms with Gasteiger partial charge in [0.05, 0.1) is 18.0 Å². The molecule has 104 valence electrons. The summed E-state index contributed by atoms with van der Waals surface area (Å²) in [6.07, 6.45) is 0.923. The lowest BCUT2D eigenvalue weighted by atomic mass is 10.0. The van der Waals surface area contributed by atoms with Gasteiger partial charge in [-0.25, -0.2) is 0 Å². The van der Waals surface area contributed by atoms with Gasteiger partial charge < -0.3 is 9.47 Å². The number of halogens is 2. The highest BCUT2D eigenvalue weighted by Gasteiger charge is 2.17. The standard InChI is InChI=1S/C16H14Br2O2/c17-13-5-2-1-4-12(13)16(18)11-6-7-14-15(10-11)20-9-3-8-19-14/h1-2,4-7,10,16H,3,8-9H2. The molecular weight excluding hydrogens is 384 g/mol. The molecule has 20 heavy (non-hydrogen) atoms. The van der Waals surface area contributed by atoms with Gasteiger partial charge in [-0.15, -0.1) is 0 Å². The Balaban J connectivity index is 1.94. The van der Waals surface area contributed by atoms with Gasteiger partial charge in [-0.3, -0.25) is 0 Å². The van der Waals surface area contributed by atoms with Gasteiger partial charge in [0.25, 0.3) is 0 Å². The van der Waals surface area contributed by atoms with Crippen LogP contribution in [0.25, 0.3) is 0 Å². The van der Waals surface area contributed by atoms with Crippen molar-refractivity contribution in [3.05, 3.63) is 58.1 Å². The molecule has 0 bridgehead atoms. The summed E-state index contributed by atoms with van der Waals surface area (Å²) in [5.41, 5.74) is 2.35. The van der Waals surface area contributed by atoms with E-state index in [1.54, 1.807) is 0 Å². The fourth-order valence-corrected chi connectivity index (χ4v) is 3.70. The predicted octanol–water partition coefficient (Wildman–Crippen LogP) is 5.09. The molecule has 1 atom stereocenters. The molecule has 3 rings (SSSR count). The van der Waals surface area contributed by atoms with Gasteiger partial charge in [-0.05, 0) is 29.3 Å². The fourth-order valence-electron chi connectivity index (χ4n) is 2.20. The monoisotopic (exact) mass is 396 g/mol. The van der Waals surface area contributed by atoms with Gasteiger partial charge in [0.2, 0.25) is 0 Å². The van der Waals surface area contributed by atoms with Crippen LogP contribution in [0.2, 0.25) is 0 Å². The SMILES string of the molecule is Brc1ccccc1C(Br)c1ccc2c(c1)OCCCO2. The molecule has 0 aliphatic carbocycles. The van der Waals surface area contributed by atoms with E-state index in [4.69, 9.17) is 9.47 Å². The summed E-state index contributed by atoms with van der Waals surface area (Å²) in [5, 5.41) is 0. The molecule has 0 amide bonds. The second kappa shape index (κ2) is 6.19. The number of fused-ring (bicyclic) bond motifs is 1. The van der Waals surface area contributed by atoms with Crippen molar-refractivity contribution in [1.82, 2.24) is 0 Å². The second-order valence-corrected chi connectivity index (χ2v) is 6.41. The van der Waals surface area contributed by atoms with Crippen LogP contribution in [0.1, 0.15) is 22.4 Å². The third kappa shape index (κ3) is 2.86. The summed E-state index contributed by atoms with van der Waals surface area (Å²) in [6.45, 7) is 1.42. The zero-order valence-electron chi connectivity index (χ0n) is 10.8. The zero-order valence-corrected chi connectivity index (χ0v) is 14.0. The van der Waals surface area contributed by atoms with E-state index < -0.39 is 0 Å². The summed E-state index contributed by atoms with van der Waals surface area (Å²) in [5.74, 6) is 1.66. The van der Waals surface area contributed by atoms with Crippen molar-refractivity contribution in [1.29, 1.82) is 0 Å². The normalized spacial score (nSPS) is 15.5. The molecule has 1 unspecified atom stereocenters. The summed E-state index contributed by atoms with van der Waals surface area (Å²) >= 11 is 7.36. The number of ether oxygens (including phenoxy) is 2. The Morgan fingerprint density at radius 3 is 2.50 bits per heavy atom. The molecule has 1 aliphatic heterocycles. The Labute approximate surface area is 135 Å². The van der Waals surface area contributed by atoms with Crippen LogP contribution in [0.5, 0.6) is 11.5 Å². The van der Waals surface area contributed by atoms with E-state index in [-0.39, 0.29) is 4.83 Å². The maximum atomic E-state index is 5.75. The van der Waals surface area contributed by atoms with Crippen molar-refractivity contribution in [3.8, 4) is 11.5 Å². The van der Waals surface area contributed by atoms with Crippen LogP contribution < -0.4 is 9.47 Å². The second-order valence-electron chi connectivity index (χ2n) is 4.64. The lowest BCUT2D eigenvalue weighted by Crippen LogP contribution is -1.97.